The number of hydrogen-bond acceptors (Lipinski definition) is 2. The molecule has 2 bridgehead atoms. The van der Waals surface area contributed by atoms with Crippen LogP contribution >= 0.6 is 0 Å². The average Bonchev–Trinajstić information content (AvgIpc) is 2.85. The normalized spacial score (nSPS) is 30.0. The van der Waals surface area contributed by atoms with Crippen molar-refractivity contribution in [2.75, 3.05) is 26.2 Å². The van der Waals surface area contributed by atoms with Crippen LogP contribution in [-0.2, 0) is 13.5 Å². The van der Waals surface area contributed by atoms with Crippen molar-refractivity contribution < 1.29 is 4.79 Å². The number of aromatic nitrogens is 1. The van der Waals surface area contributed by atoms with Gasteiger partial charge < -0.3 is 14.4 Å². The molecule has 2 aromatic rings. The molecule has 1 atom stereocenters. The Morgan fingerprint density at radius 1 is 1.13 bits per heavy atom. The number of aryl methyl sites for hydroxylation is 1. The monoisotopic (exact) mass is 309 g/mol. The molecule has 120 valence electrons. The van der Waals surface area contributed by atoms with Crippen molar-refractivity contribution in [2.24, 2.45) is 13.0 Å². The molecule has 3 saturated heterocycles. The zero-order valence-corrected chi connectivity index (χ0v) is 13.7. The molecule has 3 fully saturated rings. The Kier molecular flexibility index (Phi) is 2.87. The molecule has 0 spiro atoms. The molecule has 4 heteroatoms. The van der Waals surface area contributed by atoms with Crippen molar-refractivity contribution >= 4 is 16.8 Å². The van der Waals surface area contributed by atoms with Crippen LogP contribution in [0.25, 0.3) is 10.9 Å². The fourth-order valence-corrected chi connectivity index (χ4v) is 5.01. The van der Waals surface area contributed by atoms with Crippen LogP contribution in [0.2, 0.25) is 0 Å². The number of carbonyl (C=O) groups is 1. The average molecular weight is 309 g/mol. The minimum absolute atomic E-state index is 0.249. The first-order valence-corrected chi connectivity index (χ1v) is 8.82. The Morgan fingerprint density at radius 2 is 1.96 bits per heavy atom. The molecule has 4 aliphatic heterocycles. The van der Waals surface area contributed by atoms with Crippen molar-refractivity contribution in [3.63, 3.8) is 0 Å². The molecule has 0 aliphatic carbocycles. The predicted octanol–water partition coefficient (Wildman–Crippen LogP) is 2.27. The van der Waals surface area contributed by atoms with Gasteiger partial charge in [0.25, 0.3) is 5.91 Å². The summed E-state index contributed by atoms with van der Waals surface area (Å²) >= 11 is 0. The molecular formula is C19H23N3O. The van der Waals surface area contributed by atoms with Gasteiger partial charge in [-0.1, -0.05) is 6.07 Å². The largest absolute Gasteiger partial charge is 0.350 e. The first kappa shape index (κ1) is 13.6. The van der Waals surface area contributed by atoms with Crippen molar-refractivity contribution in [3.05, 3.63) is 35.5 Å². The Labute approximate surface area is 136 Å². The van der Waals surface area contributed by atoms with Crippen molar-refractivity contribution in [2.45, 2.75) is 25.3 Å². The number of piperidine rings is 3. The van der Waals surface area contributed by atoms with Crippen LogP contribution < -0.4 is 0 Å². The van der Waals surface area contributed by atoms with E-state index in [0.29, 0.717) is 12.0 Å². The number of amides is 1. The standard InChI is InChI=1S/C19H23N3O/c1-20-11-14-7-10-22(17-12-21-8-5-13(17)6-9-21)19(23)15-3-2-4-16(20)18(14)15/h2-4,11,13,17H,5-10,12H2,1H3/t17-/m1/s1. The van der Waals surface area contributed by atoms with E-state index in [0.717, 1.165) is 25.1 Å². The molecule has 1 aromatic heterocycles. The van der Waals surface area contributed by atoms with Gasteiger partial charge in [-0.15, -0.1) is 0 Å². The second kappa shape index (κ2) is 4.84. The fraction of sp³-hybridized carbons (Fsp3) is 0.526. The van der Waals surface area contributed by atoms with E-state index in [4.69, 9.17) is 0 Å². The molecule has 0 radical (unpaired) electrons. The first-order valence-electron chi connectivity index (χ1n) is 8.82. The molecule has 4 nitrogen and oxygen atoms in total. The second-order valence-electron chi connectivity index (χ2n) is 7.42. The van der Waals surface area contributed by atoms with Gasteiger partial charge in [0.2, 0.25) is 0 Å². The third kappa shape index (κ3) is 1.91. The van der Waals surface area contributed by atoms with E-state index in [2.05, 4.69) is 33.7 Å². The molecular weight excluding hydrogens is 286 g/mol. The summed E-state index contributed by atoms with van der Waals surface area (Å²) in [5.41, 5.74) is 3.42. The maximum atomic E-state index is 13.3. The Morgan fingerprint density at radius 3 is 2.70 bits per heavy atom. The summed E-state index contributed by atoms with van der Waals surface area (Å²) in [5, 5.41) is 1.18. The maximum absolute atomic E-state index is 13.3. The third-order valence-electron chi connectivity index (χ3n) is 6.23. The zero-order chi connectivity index (χ0) is 15.6. The molecule has 23 heavy (non-hydrogen) atoms. The van der Waals surface area contributed by atoms with E-state index < -0.39 is 0 Å². The lowest BCUT2D eigenvalue weighted by Gasteiger charge is -2.49. The molecule has 5 heterocycles. The second-order valence-corrected chi connectivity index (χ2v) is 7.42. The van der Waals surface area contributed by atoms with Gasteiger partial charge in [-0.25, -0.2) is 0 Å². The van der Waals surface area contributed by atoms with Gasteiger partial charge in [-0.05, 0) is 56.0 Å². The highest BCUT2D eigenvalue weighted by molar-refractivity contribution is 6.08. The van der Waals surface area contributed by atoms with Crippen LogP contribution in [0.1, 0.15) is 28.8 Å². The lowest BCUT2D eigenvalue weighted by molar-refractivity contribution is 0.00826. The minimum Gasteiger partial charge on any atom is -0.350 e. The summed E-state index contributed by atoms with van der Waals surface area (Å²) in [7, 11) is 2.08. The van der Waals surface area contributed by atoms with Crippen LogP contribution in [0.5, 0.6) is 0 Å². The van der Waals surface area contributed by atoms with Crippen LogP contribution in [0.3, 0.4) is 0 Å². The highest BCUT2D eigenvalue weighted by Crippen LogP contribution is 2.35. The minimum atomic E-state index is 0.249. The molecule has 0 unspecified atom stereocenters. The summed E-state index contributed by atoms with van der Waals surface area (Å²) < 4.78 is 2.16. The van der Waals surface area contributed by atoms with Gasteiger partial charge >= 0.3 is 0 Å². The Balaban J connectivity index is 1.58. The molecule has 1 amide bonds. The van der Waals surface area contributed by atoms with Gasteiger partial charge in [0, 0.05) is 48.8 Å². The van der Waals surface area contributed by atoms with Gasteiger partial charge in [0.1, 0.15) is 0 Å². The van der Waals surface area contributed by atoms with Crippen LogP contribution in [-0.4, -0.2) is 52.5 Å². The van der Waals surface area contributed by atoms with E-state index in [9.17, 15) is 4.79 Å². The van der Waals surface area contributed by atoms with E-state index >= 15 is 0 Å². The number of nitrogens with zero attached hydrogens (tertiary/aromatic N) is 3. The SMILES string of the molecule is Cn1cc2c3c(cccc31)C(=O)N([C@@H]1CN3CCC1CC3)CC2. The van der Waals surface area contributed by atoms with Gasteiger partial charge in [-0.3, -0.25) is 4.79 Å². The lowest BCUT2D eigenvalue weighted by Crippen LogP contribution is -2.58. The quantitative estimate of drug-likeness (QED) is 0.808. The van der Waals surface area contributed by atoms with Crippen LogP contribution in [0, 0.1) is 5.92 Å². The fourth-order valence-electron chi connectivity index (χ4n) is 5.01. The van der Waals surface area contributed by atoms with Crippen molar-refractivity contribution in [1.82, 2.24) is 14.4 Å². The van der Waals surface area contributed by atoms with E-state index in [1.165, 1.54) is 42.4 Å². The molecule has 1 aromatic carbocycles. The van der Waals surface area contributed by atoms with Gasteiger partial charge in [-0.2, -0.15) is 0 Å². The van der Waals surface area contributed by atoms with Gasteiger partial charge in [0.15, 0.2) is 0 Å². The predicted molar refractivity (Wildman–Crippen MR) is 90.6 cm³/mol. The number of benzene rings is 1. The summed E-state index contributed by atoms with van der Waals surface area (Å²) in [6.07, 6.45) is 5.70. The number of rotatable bonds is 1. The lowest BCUT2D eigenvalue weighted by atomic mass is 9.83. The summed E-state index contributed by atoms with van der Waals surface area (Å²) in [6, 6.07) is 6.59. The smallest absolute Gasteiger partial charge is 0.254 e. The Bertz CT molecular complexity index is 785. The van der Waals surface area contributed by atoms with E-state index in [1.807, 2.05) is 12.1 Å². The van der Waals surface area contributed by atoms with Gasteiger partial charge in [0.05, 0.1) is 0 Å². The van der Waals surface area contributed by atoms with Crippen LogP contribution in [0.15, 0.2) is 24.4 Å². The first-order chi connectivity index (χ1) is 11.2. The number of fused-ring (bicyclic) bond motifs is 3. The number of carbonyl (C=O) groups excluding carboxylic acids is 1. The highest BCUT2D eigenvalue weighted by atomic mass is 16.2. The summed E-state index contributed by atoms with van der Waals surface area (Å²) in [5.74, 6) is 0.950. The maximum Gasteiger partial charge on any atom is 0.254 e. The van der Waals surface area contributed by atoms with Crippen molar-refractivity contribution in [1.29, 1.82) is 0 Å². The third-order valence-corrected chi connectivity index (χ3v) is 6.23. The topological polar surface area (TPSA) is 28.5 Å². The number of hydrogen-bond donors (Lipinski definition) is 0. The summed E-state index contributed by atoms with van der Waals surface area (Å²) in [4.78, 5) is 18.0. The summed E-state index contributed by atoms with van der Waals surface area (Å²) in [6.45, 7) is 4.38. The Hall–Kier alpha value is -1.81. The zero-order valence-electron chi connectivity index (χ0n) is 13.7. The van der Waals surface area contributed by atoms with Crippen molar-refractivity contribution in [3.8, 4) is 0 Å². The van der Waals surface area contributed by atoms with Crippen LogP contribution in [0.4, 0.5) is 0 Å². The molecule has 6 rings (SSSR count). The molecule has 0 saturated carbocycles. The highest BCUT2D eigenvalue weighted by Gasteiger charge is 2.40. The van der Waals surface area contributed by atoms with E-state index in [1.54, 1.807) is 0 Å². The van der Waals surface area contributed by atoms with E-state index in [-0.39, 0.29) is 5.91 Å². The molecule has 4 aliphatic rings. The molecule has 0 N–H and O–H groups in total.